The molecule has 1 N–H and O–H groups in total. The minimum absolute atomic E-state index is 0.118. The van der Waals surface area contributed by atoms with Gasteiger partial charge < -0.3 is 9.67 Å². The SMILES string of the molecule is CC(C)(O)c1cnc2n1CC(c1cccc(F)c1F)CCC2. The maximum absolute atomic E-state index is 14.1. The van der Waals surface area contributed by atoms with E-state index < -0.39 is 17.2 Å². The van der Waals surface area contributed by atoms with Crippen LogP contribution in [0.5, 0.6) is 0 Å². The number of halogens is 2. The third-order valence-corrected chi connectivity index (χ3v) is 4.34. The van der Waals surface area contributed by atoms with E-state index in [1.807, 2.05) is 4.57 Å². The number of hydrogen-bond donors (Lipinski definition) is 1. The van der Waals surface area contributed by atoms with E-state index in [4.69, 9.17) is 0 Å². The molecule has 0 fully saturated rings. The average molecular weight is 306 g/mol. The van der Waals surface area contributed by atoms with Gasteiger partial charge in [0.15, 0.2) is 11.6 Å². The molecule has 0 aliphatic carbocycles. The zero-order valence-corrected chi connectivity index (χ0v) is 12.8. The van der Waals surface area contributed by atoms with Gasteiger partial charge in [-0.05, 0) is 38.3 Å². The number of imidazole rings is 1. The molecule has 3 nitrogen and oxygen atoms in total. The van der Waals surface area contributed by atoms with E-state index in [2.05, 4.69) is 4.98 Å². The van der Waals surface area contributed by atoms with Gasteiger partial charge in [0.2, 0.25) is 0 Å². The van der Waals surface area contributed by atoms with Crippen LogP contribution in [0.25, 0.3) is 0 Å². The first kappa shape index (κ1) is 15.2. The van der Waals surface area contributed by atoms with Crippen LogP contribution in [-0.4, -0.2) is 14.7 Å². The molecule has 3 rings (SSSR count). The molecular formula is C17H20F2N2O. The zero-order valence-electron chi connectivity index (χ0n) is 12.8. The van der Waals surface area contributed by atoms with Crippen molar-refractivity contribution in [3.8, 4) is 0 Å². The highest BCUT2D eigenvalue weighted by molar-refractivity contribution is 5.24. The summed E-state index contributed by atoms with van der Waals surface area (Å²) in [7, 11) is 0. The fourth-order valence-corrected chi connectivity index (χ4v) is 3.21. The molecule has 2 heterocycles. The van der Waals surface area contributed by atoms with E-state index >= 15 is 0 Å². The molecular weight excluding hydrogens is 286 g/mol. The molecule has 1 aromatic carbocycles. The molecule has 1 unspecified atom stereocenters. The standard InChI is InChI=1S/C17H20F2N2O/c1-17(2,22)14-9-20-15-8-3-5-11(10-21(14)15)12-6-4-7-13(18)16(12)19/h4,6-7,9,11,22H,3,5,8,10H2,1-2H3. The minimum Gasteiger partial charge on any atom is -0.384 e. The predicted molar refractivity (Wildman–Crippen MR) is 79.5 cm³/mol. The van der Waals surface area contributed by atoms with Crippen LogP contribution in [0.3, 0.4) is 0 Å². The molecule has 0 spiro atoms. The molecule has 1 aromatic heterocycles. The Bertz CT molecular complexity index is 688. The van der Waals surface area contributed by atoms with Gasteiger partial charge in [0.25, 0.3) is 0 Å². The summed E-state index contributed by atoms with van der Waals surface area (Å²) in [6, 6.07) is 4.33. The Morgan fingerprint density at radius 3 is 2.82 bits per heavy atom. The molecule has 22 heavy (non-hydrogen) atoms. The number of hydrogen-bond acceptors (Lipinski definition) is 2. The molecule has 1 aliphatic rings. The van der Waals surface area contributed by atoms with Gasteiger partial charge in [-0.25, -0.2) is 13.8 Å². The van der Waals surface area contributed by atoms with Gasteiger partial charge in [0.05, 0.1) is 11.9 Å². The average Bonchev–Trinajstić information content (AvgIpc) is 2.73. The van der Waals surface area contributed by atoms with Gasteiger partial charge in [-0.2, -0.15) is 0 Å². The van der Waals surface area contributed by atoms with Crippen LogP contribution in [0.1, 0.15) is 49.7 Å². The Hall–Kier alpha value is -1.75. The lowest BCUT2D eigenvalue weighted by atomic mass is 9.93. The zero-order chi connectivity index (χ0) is 15.9. The second-order valence-electron chi connectivity index (χ2n) is 6.46. The summed E-state index contributed by atoms with van der Waals surface area (Å²) in [5, 5.41) is 10.3. The molecule has 0 saturated carbocycles. The molecule has 118 valence electrons. The van der Waals surface area contributed by atoms with Crippen molar-refractivity contribution in [1.82, 2.24) is 9.55 Å². The Balaban J connectivity index is 2.01. The number of nitrogens with zero attached hydrogens (tertiary/aromatic N) is 2. The summed E-state index contributed by atoms with van der Waals surface area (Å²) < 4.78 is 29.6. The van der Waals surface area contributed by atoms with Crippen molar-refractivity contribution >= 4 is 0 Å². The molecule has 1 atom stereocenters. The van der Waals surface area contributed by atoms with Crippen molar-refractivity contribution in [2.75, 3.05) is 0 Å². The van der Waals surface area contributed by atoms with Crippen molar-refractivity contribution < 1.29 is 13.9 Å². The summed E-state index contributed by atoms with van der Waals surface area (Å²) >= 11 is 0. The van der Waals surface area contributed by atoms with Crippen molar-refractivity contribution in [1.29, 1.82) is 0 Å². The van der Waals surface area contributed by atoms with Crippen LogP contribution in [0.2, 0.25) is 0 Å². The van der Waals surface area contributed by atoms with E-state index in [1.165, 1.54) is 0 Å². The third-order valence-electron chi connectivity index (χ3n) is 4.34. The number of aryl methyl sites for hydroxylation is 1. The van der Waals surface area contributed by atoms with Gasteiger partial charge in [-0.15, -0.1) is 0 Å². The number of aromatic nitrogens is 2. The summed E-state index contributed by atoms with van der Waals surface area (Å²) in [5.74, 6) is -0.792. The van der Waals surface area contributed by atoms with Gasteiger partial charge in [0, 0.05) is 18.9 Å². The molecule has 0 saturated heterocycles. The van der Waals surface area contributed by atoms with E-state index in [9.17, 15) is 13.9 Å². The maximum Gasteiger partial charge on any atom is 0.162 e. The normalized spacial score (nSPS) is 18.9. The Labute approximate surface area is 128 Å². The summed E-state index contributed by atoms with van der Waals surface area (Å²) in [6.45, 7) is 3.93. The molecule has 0 amide bonds. The Morgan fingerprint density at radius 2 is 2.09 bits per heavy atom. The smallest absolute Gasteiger partial charge is 0.162 e. The van der Waals surface area contributed by atoms with Crippen LogP contribution in [0.4, 0.5) is 8.78 Å². The second-order valence-corrected chi connectivity index (χ2v) is 6.46. The molecule has 5 heteroatoms. The largest absolute Gasteiger partial charge is 0.384 e. The lowest BCUT2D eigenvalue weighted by Gasteiger charge is -2.23. The maximum atomic E-state index is 14.1. The number of aliphatic hydroxyl groups is 1. The lowest BCUT2D eigenvalue weighted by molar-refractivity contribution is 0.0691. The van der Waals surface area contributed by atoms with Gasteiger partial charge in [0.1, 0.15) is 11.4 Å². The molecule has 0 radical (unpaired) electrons. The highest BCUT2D eigenvalue weighted by Crippen LogP contribution is 2.33. The predicted octanol–water partition coefficient (Wildman–Crippen LogP) is 3.51. The fraction of sp³-hybridized carbons (Fsp3) is 0.471. The van der Waals surface area contributed by atoms with Gasteiger partial charge >= 0.3 is 0 Å². The first-order valence-electron chi connectivity index (χ1n) is 7.59. The minimum atomic E-state index is -1.01. The molecule has 0 bridgehead atoms. The lowest BCUT2D eigenvalue weighted by Crippen LogP contribution is -2.23. The van der Waals surface area contributed by atoms with Crippen molar-refractivity contribution in [3.63, 3.8) is 0 Å². The third kappa shape index (κ3) is 2.65. The monoisotopic (exact) mass is 306 g/mol. The van der Waals surface area contributed by atoms with E-state index in [1.54, 1.807) is 32.2 Å². The first-order valence-corrected chi connectivity index (χ1v) is 7.59. The summed E-state index contributed by atoms with van der Waals surface area (Å²) in [6.07, 6.45) is 4.10. The van der Waals surface area contributed by atoms with E-state index in [-0.39, 0.29) is 5.92 Å². The summed E-state index contributed by atoms with van der Waals surface area (Å²) in [4.78, 5) is 4.39. The van der Waals surface area contributed by atoms with E-state index in [0.29, 0.717) is 17.8 Å². The van der Waals surface area contributed by atoms with Crippen LogP contribution < -0.4 is 0 Å². The van der Waals surface area contributed by atoms with Gasteiger partial charge in [-0.1, -0.05) is 12.1 Å². The van der Waals surface area contributed by atoms with E-state index in [0.717, 1.165) is 31.2 Å². The number of rotatable bonds is 2. The summed E-state index contributed by atoms with van der Waals surface area (Å²) in [5.41, 5.74) is 0.107. The van der Waals surface area contributed by atoms with Crippen molar-refractivity contribution in [3.05, 3.63) is 53.1 Å². The quantitative estimate of drug-likeness (QED) is 0.922. The fourth-order valence-electron chi connectivity index (χ4n) is 3.21. The first-order chi connectivity index (χ1) is 10.4. The van der Waals surface area contributed by atoms with Crippen molar-refractivity contribution in [2.24, 2.45) is 0 Å². The van der Waals surface area contributed by atoms with Gasteiger partial charge in [-0.3, -0.25) is 0 Å². The Morgan fingerprint density at radius 1 is 1.32 bits per heavy atom. The van der Waals surface area contributed by atoms with Crippen molar-refractivity contribution in [2.45, 2.75) is 51.2 Å². The van der Waals surface area contributed by atoms with Crippen LogP contribution in [0, 0.1) is 11.6 Å². The number of fused-ring (bicyclic) bond motifs is 1. The van der Waals surface area contributed by atoms with Crippen LogP contribution in [0.15, 0.2) is 24.4 Å². The topological polar surface area (TPSA) is 38.1 Å². The highest BCUT2D eigenvalue weighted by Gasteiger charge is 2.28. The Kier molecular flexibility index (Phi) is 3.77. The highest BCUT2D eigenvalue weighted by atomic mass is 19.2. The molecule has 2 aromatic rings. The van der Waals surface area contributed by atoms with Crippen LogP contribution in [-0.2, 0) is 18.6 Å². The number of benzene rings is 1. The second kappa shape index (κ2) is 5.47. The molecule has 1 aliphatic heterocycles. The van der Waals surface area contributed by atoms with Crippen LogP contribution >= 0.6 is 0 Å².